The number of carbonyl (C=O) groups is 1. The lowest BCUT2D eigenvalue weighted by atomic mass is 10.1. The standard InChI is InChI=1S/C22H20F2N2O2S/c1-13-5-8-20(14(2)10-13)29-22-16(4-3-9-25-22)21(28)26-12-19(27)15-6-7-17(23)18(24)11-15/h3-11,19,27H,12H2,1-2H3,(H,26,28). The van der Waals surface area contributed by atoms with Crippen molar-refractivity contribution in [1.29, 1.82) is 0 Å². The van der Waals surface area contributed by atoms with E-state index in [9.17, 15) is 18.7 Å². The number of pyridine rings is 1. The average molecular weight is 414 g/mol. The molecular weight excluding hydrogens is 394 g/mol. The summed E-state index contributed by atoms with van der Waals surface area (Å²) in [5.41, 5.74) is 2.79. The number of nitrogens with zero attached hydrogens (tertiary/aromatic N) is 1. The Balaban J connectivity index is 1.71. The van der Waals surface area contributed by atoms with Gasteiger partial charge in [0, 0.05) is 17.6 Å². The number of amides is 1. The summed E-state index contributed by atoms with van der Waals surface area (Å²) in [4.78, 5) is 17.9. The van der Waals surface area contributed by atoms with Gasteiger partial charge in [0.05, 0.1) is 11.7 Å². The van der Waals surface area contributed by atoms with Crippen LogP contribution in [0.5, 0.6) is 0 Å². The van der Waals surface area contributed by atoms with Gasteiger partial charge in [0.25, 0.3) is 5.91 Å². The third-order valence-corrected chi connectivity index (χ3v) is 5.53. The number of hydrogen-bond acceptors (Lipinski definition) is 4. The molecule has 0 aliphatic carbocycles. The number of aromatic nitrogens is 1. The second-order valence-corrected chi connectivity index (χ2v) is 7.66. The molecule has 0 aliphatic rings. The van der Waals surface area contributed by atoms with Gasteiger partial charge < -0.3 is 10.4 Å². The van der Waals surface area contributed by atoms with Gasteiger partial charge >= 0.3 is 0 Å². The number of rotatable bonds is 6. The number of aliphatic hydroxyl groups is 1. The van der Waals surface area contributed by atoms with Crippen LogP contribution in [0.2, 0.25) is 0 Å². The van der Waals surface area contributed by atoms with Crippen molar-refractivity contribution < 1.29 is 18.7 Å². The molecule has 0 bridgehead atoms. The van der Waals surface area contributed by atoms with E-state index in [1.165, 1.54) is 17.8 Å². The fourth-order valence-corrected chi connectivity index (χ4v) is 3.73. The van der Waals surface area contributed by atoms with Crippen molar-refractivity contribution in [2.75, 3.05) is 6.54 Å². The van der Waals surface area contributed by atoms with Gasteiger partial charge in [-0.1, -0.05) is 35.5 Å². The molecule has 1 atom stereocenters. The van der Waals surface area contributed by atoms with E-state index in [-0.39, 0.29) is 12.1 Å². The number of carbonyl (C=O) groups excluding carboxylic acids is 1. The molecule has 0 saturated carbocycles. The first kappa shape index (κ1) is 21.0. The van der Waals surface area contributed by atoms with Crippen LogP contribution in [0.25, 0.3) is 0 Å². The lowest BCUT2D eigenvalue weighted by Crippen LogP contribution is -2.29. The van der Waals surface area contributed by atoms with E-state index in [1.54, 1.807) is 18.3 Å². The van der Waals surface area contributed by atoms with Crippen molar-refractivity contribution in [3.8, 4) is 0 Å². The summed E-state index contributed by atoms with van der Waals surface area (Å²) in [6.07, 6.45) is 0.444. The maximum Gasteiger partial charge on any atom is 0.254 e. The molecule has 150 valence electrons. The van der Waals surface area contributed by atoms with Crippen LogP contribution >= 0.6 is 11.8 Å². The van der Waals surface area contributed by atoms with Gasteiger partial charge in [-0.05, 0) is 55.3 Å². The van der Waals surface area contributed by atoms with Crippen molar-refractivity contribution in [2.45, 2.75) is 29.9 Å². The van der Waals surface area contributed by atoms with Crippen LogP contribution in [-0.4, -0.2) is 22.5 Å². The molecule has 3 aromatic rings. The van der Waals surface area contributed by atoms with Gasteiger partial charge in [0.15, 0.2) is 11.6 Å². The number of hydrogen-bond donors (Lipinski definition) is 2. The number of halogens is 2. The topological polar surface area (TPSA) is 62.2 Å². The quantitative estimate of drug-likeness (QED) is 0.619. The van der Waals surface area contributed by atoms with Crippen LogP contribution in [0.1, 0.15) is 33.2 Å². The molecule has 0 fully saturated rings. The number of benzene rings is 2. The molecule has 2 N–H and O–H groups in total. The second kappa shape index (κ2) is 9.15. The molecule has 1 amide bonds. The Kier molecular flexibility index (Phi) is 6.61. The Morgan fingerprint density at radius 3 is 2.66 bits per heavy atom. The Bertz CT molecular complexity index is 1040. The van der Waals surface area contributed by atoms with Gasteiger partial charge in [-0.25, -0.2) is 13.8 Å². The maximum atomic E-state index is 13.3. The van der Waals surface area contributed by atoms with Gasteiger partial charge in [-0.2, -0.15) is 0 Å². The van der Waals surface area contributed by atoms with Crippen LogP contribution in [0.4, 0.5) is 8.78 Å². The molecule has 0 radical (unpaired) electrons. The van der Waals surface area contributed by atoms with Crippen molar-refractivity contribution >= 4 is 17.7 Å². The predicted octanol–water partition coefficient (Wildman–Crippen LogP) is 4.59. The first-order valence-electron chi connectivity index (χ1n) is 8.96. The van der Waals surface area contributed by atoms with E-state index < -0.39 is 23.6 Å². The van der Waals surface area contributed by atoms with Crippen molar-refractivity contribution in [2.24, 2.45) is 0 Å². The molecule has 29 heavy (non-hydrogen) atoms. The summed E-state index contributed by atoms with van der Waals surface area (Å²) >= 11 is 1.39. The van der Waals surface area contributed by atoms with E-state index in [0.717, 1.165) is 28.2 Å². The van der Waals surface area contributed by atoms with Crippen LogP contribution in [0.3, 0.4) is 0 Å². The highest BCUT2D eigenvalue weighted by Gasteiger charge is 2.17. The summed E-state index contributed by atoms with van der Waals surface area (Å²) in [7, 11) is 0. The van der Waals surface area contributed by atoms with Crippen molar-refractivity contribution in [3.05, 3.63) is 88.6 Å². The number of nitrogens with one attached hydrogen (secondary N) is 1. The van der Waals surface area contributed by atoms with Crippen LogP contribution in [-0.2, 0) is 0 Å². The van der Waals surface area contributed by atoms with Crippen molar-refractivity contribution in [1.82, 2.24) is 10.3 Å². The Morgan fingerprint density at radius 1 is 1.14 bits per heavy atom. The van der Waals surface area contributed by atoms with E-state index in [2.05, 4.69) is 16.4 Å². The van der Waals surface area contributed by atoms with E-state index >= 15 is 0 Å². The molecule has 4 nitrogen and oxygen atoms in total. The monoisotopic (exact) mass is 414 g/mol. The minimum absolute atomic E-state index is 0.146. The van der Waals surface area contributed by atoms with Crippen LogP contribution in [0.15, 0.2) is 64.6 Å². The lowest BCUT2D eigenvalue weighted by molar-refractivity contribution is 0.0912. The summed E-state index contributed by atoms with van der Waals surface area (Å²) in [6, 6.07) is 12.5. The molecule has 3 rings (SSSR count). The summed E-state index contributed by atoms with van der Waals surface area (Å²) in [5.74, 6) is -2.45. The lowest BCUT2D eigenvalue weighted by Gasteiger charge is -2.14. The Morgan fingerprint density at radius 2 is 1.93 bits per heavy atom. The minimum atomic E-state index is -1.17. The molecule has 0 spiro atoms. The largest absolute Gasteiger partial charge is 0.387 e. The minimum Gasteiger partial charge on any atom is -0.387 e. The average Bonchev–Trinajstić information content (AvgIpc) is 2.70. The third-order valence-electron chi connectivity index (χ3n) is 4.34. The summed E-state index contributed by atoms with van der Waals surface area (Å²) in [6.45, 7) is 3.86. The molecule has 2 aromatic carbocycles. The molecule has 7 heteroatoms. The zero-order valence-corrected chi connectivity index (χ0v) is 16.8. The Labute approximate surface area is 172 Å². The normalized spacial score (nSPS) is 11.9. The Hall–Kier alpha value is -2.77. The van der Waals surface area contributed by atoms with Gasteiger partial charge in [0.2, 0.25) is 0 Å². The molecule has 1 aromatic heterocycles. The number of aliphatic hydroxyl groups excluding tert-OH is 1. The van der Waals surface area contributed by atoms with Crippen LogP contribution < -0.4 is 5.32 Å². The first-order valence-corrected chi connectivity index (χ1v) is 9.78. The highest BCUT2D eigenvalue weighted by atomic mass is 32.2. The fourth-order valence-electron chi connectivity index (χ4n) is 2.79. The SMILES string of the molecule is Cc1ccc(Sc2ncccc2C(=O)NCC(O)c2ccc(F)c(F)c2)c(C)c1. The summed E-state index contributed by atoms with van der Waals surface area (Å²) in [5, 5.41) is 13.3. The second-order valence-electron chi connectivity index (χ2n) is 6.63. The zero-order valence-electron chi connectivity index (χ0n) is 15.9. The first-order chi connectivity index (χ1) is 13.8. The molecule has 0 saturated heterocycles. The number of aryl methyl sites for hydroxylation is 2. The molecule has 0 aliphatic heterocycles. The van der Waals surface area contributed by atoms with E-state index in [1.807, 2.05) is 26.0 Å². The summed E-state index contributed by atoms with van der Waals surface area (Å²) < 4.78 is 26.4. The molecule has 1 unspecified atom stereocenters. The van der Waals surface area contributed by atoms with Gasteiger partial charge in [-0.15, -0.1) is 0 Å². The maximum absolute atomic E-state index is 13.3. The fraction of sp³-hybridized carbons (Fsp3) is 0.182. The van der Waals surface area contributed by atoms with Gasteiger partial charge in [0.1, 0.15) is 5.03 Å². The van der Waals surface area contributed by atoms with Crippen molar-refractivity contribution in [3.63, 3.8) is 0 Å². The van der Waals surface area contributed by atoms with Crippen LogP contribution in [0, 0.1) is 25.5 Å². The third kappa shape index (κ3) is 5.19. The molecular formula is C22H20F2N2O2S. The smallest absolute Gasteiger partial charge is 0.254 e. The predicted molar refractivity (Wildman–Crippen MR) is 108 cm³/mol. The van der Waals surface area contributed by atoms with E-state index in [4.69, 9.17) is 0 Å². The van der Waals surface area contributed by atoms with Gasteiger partial charge in [-0.3, -0.25) is 4.79 Å². The zero-order chi connectivity index (χ0) is 21.0. The highest BCUT2D eigenvalue weighted by Crippen LogP contribution is 2.31. The molecule has 1 heterocycles. The highest BCUT2D eigenvalue weighted by molar-refractivity contribution is 7.99. The van der Waals surface area contributed by atoms with E-state index in [0.29, 0.717) is 10.6 Å².